The van der Waals surface area contributed by atoms with Crippen LogP contribution < -0.4 is 11.5 Å². The van der Waals surface area contributed by atoms with Gasteiger partial charge in [-0.2, -0.15) is 13.2 Å². The summed E-state index contributed by atoms with van der Waals surface area (Å²) in [5.74, 6) is 0. The summed E-state index contributed by atoms with van der Waals surface area (Å²) in [4.78, 5) is 0. The van der Waals surface area contributed by atoms with Crippen molar-refractivity contribution in [3.05, 3.63) is 34.3 Å². The van der Waals surface area contributed by atoms with Gasteiger partial charge in [0.1, 0.15) is 0 Å². The Morgan fingerprint density at radius 3 is 2.31 bits per heavy atom. The highest BCUT2D eigenvalue weighted by Crippen LogP contribution is 2.33. The Bertz CT molecular complexity index is 355. The molecule has 0 aromatic heterocycles. The second-order valence-corrected chi connectivity index (χ2v) is 3.48. The highest BCUT2D eigenvalue weighted by molar-refractivity contribution is 6.31. The summed E-state index contributed by atoms with van der Waals surface area (Å²) in [6, 6.07) is 2.34. The Balaban J connectivity index is 0.00000225. The second kappa shape index (κ2) is 5.72. The average Bonchev–Trinajstić information content (AvgIpc) is 2.15. The van der Waals surface area contributed by atoms with Crippen LogP contribution in [0.15, 0.2) is 18.2 Å². The summed E-state index contributed by atoms with van der Waals surface area (Å²) in [5, 5.41) is 0.195. The monoisotopic (exact) mass is 274 g/mol. The maximum atomic E-state index is 12.4. The molecule has 1 atom stereocenters. The first-order valence-electron chi connectivity index (χ1n) is 4.18. The number of benzene rings is 1. The number of nitrogens with two attached hydrogens (primary N) is 2. The predicted octanol–water partition coefficient (Wildman–Crippen LogP) is 2.74. The van der Waals surface area contributed by atoms with Gasteiger partial charge in [0.25, 0.3) is 0 Å². The SMILES string of the molecule is Cl.NC[C@H](N)c1cc(C(F)(F)F)ccc1Cl. The minimum atomic E-state index is -4.40. The third-order valence-corrected chi connectivity index (χ3v) is 2.32. The standard InChI is InChI=1S/C9H10ClF3N2.ClH/c10-7-2-1-5(9(11,12)13)3-6(7)8(15)4-14;/h1-3,8H,4,14-15H2;1H/t8-;/m0./s1. The van der Waals surface area contributed by atoms with Crippen LogP contribution in [0, 0.1) is 0 Å². The zero-order chi connectivity index (χ0) is 11.6. The molecule has 0 unspecified atom stereocenters. The van der Waals surface area contributed by atoms with Crippen LogP contribution in [0.1, 0.15) is 17.2 Å². The van der Waals surface area contributed by atoms with Crippen LogP contribution in [0.25, 0.3) is 0 Å². The van der Waals surface area contributed by atoms with Gasteiger partial charge >= 0.3 is 6.18 Å². The Kier molecular flexibility index (Phi) is 5.55. The Morgan fingerprint density at radius 2 is 1.88 bits per heavy atom. The summed E-state index contributed by atoms with van der Waals surface area (Å²) >= 11 is 5.72. The lowest BCUT2D eigenvalue weighted by Gasteiger charge is -2.14. The molecule has 0 aliphatic heterocycles. The molecule has 1 rings (SSSR count). The van der Waals surface area contributed by atoms with E-state index in [1.54, 1.807) is 0 Å². The Hall–Kier alpha value is -0.490. The van der Waals surface area contributed by atoms with E-state index < -0.39 is 17.8 Å². The molecule has 1 aromatic carbocycles. The van der Waals surface area contributed by atoms with Crippen LogP contribution in [0.2, 0.25) is 5.02 Å². The van der Waals surface area contributed by atoms with Crippen molar-refractivity contribution in [2.75, 3.05) is 6.54 Å². The number of rotatable bonds is 2. The number of halogens is 5. The van der Waals surface area contributed by atoms with E-state index in [9.17, 15) is 13.2 Å². The van der Waals surface area contributed by atoms with Gasteiger partial charge in [-0.3, -0.25) is 0 Å². The van der Waals surface area contributed by atoms with E-state index in [-0.39, 0.29) is 29.5 Å². The molecular weight excluding hydrogens is 264 g/mol. The molecule has 4 N–H and O–H groups in total. The van der Waals surface area contributed by atoms with Crippen LogP contribution in [-0.2, 0) is 6.18 Å². The van der Waals surface area contributed by atoms with Crippen LogP contribution >= 0.6 is 24.0 Å². The maximum absolute atomic E-state index is 12.4. The minimum Gasteiger partial charge on any atom is -0.329 e. The molecule has 0 saturated carbocycles. The Labute approximate surface area is 102 Å². The summed E-state index contributed by atoms with van der Waals surface area (Å²) in [6.45, 7) is 0.0427. The smallest absolute Gasteiger partial charge is 0.329 e. The number of alkyl halides is 3. The van der Waals surface area contributed by atoms with Gasteiger partial charge in [-0.15, -0.1) is 12.4 Å². The zero-order valence-corrected chi connectivity index (χ0v) is 9.66. The fourth-order valence-corrected chi connectivity index (χ4v) is 1.39. The zero-order valence-electron chi connectivity index (χ0n) is 8.09. The van der Waals surface area contributed by atoms with Gasteiger partial charge in [0.15, 0.2) is 0 Å². The lowest BCUT2D eigenvalue weighted by Crippen LogP contribution is -2.21. The van der Waals surface area contributed by atoms with Crippen LogP contribution in [-0.4, -0.2) is 6.54 Å². The highest BCUT2D eigenvalue weighted by Gasteiger charge is 2.31. The molecule has 0 aliphatic carbocycles. The molecule has 0 bridgehead atoms. The van der Waals surface area contributed by atoms with E-state index in [1.807, 2.05) is 0 Å². The van der Waals surface area contributed by atoms with E-state index in [2.05, 4.69) is 0 Å². The molecule has 0 amide bonds. The van der Waals surface area contributed by atoms with Gasteiger partial charge < -0.3 is 11.5 Å². The molecule has 7 heteroatoms. The molecule has 2 nitrogen and oxygen atoms in total. The lowest BCUT2D eigenvalue weighted by atomic mass is 10.0. The molecule has 16 heavy (non-hydrogen) atoms. The van der Waals surface area contributed by atoms with Gasteiger partial charge in [0.2, 0.25) is 0 Å². The summed E-state index contributed by atoms with van der Waals surface area (Å²) in [7, 11) is 0. The number of hydrogen-bond donors (Lipinski definition) is 2. The van der Waals surface area contributed by atoms with Gasteiger partial charge in [-0.05, 0) is 23.8 Å². The largest absolute Gasteiger partial charge is 0.416 e. The summed E-state index contributed by atoms with van der Waals surface area (Å²) in [5.41, 5.74) is 10.2. The maximum Gasteiger partial charge on any atom is 0.416 e. The van der Waals surface area contributed by atoms with E-state index in [4.69, 9.17) is 23.1 Å². The van der Waals surface area contributed by atoms with E-state index in [1.165, 1.54) is 6.07 Å². The molecule has 0 fully saturated rings. The molecule has 0 spiro atoms. The molecule has 0 aliphatic rings. The van der Waals surface area contributed by atoms with Crippen molar-refractivity contribution in [3.63, 3.8) is 0 Å². The lowest BCUT2D eigenvalue weighted by molar-refractivity contribution is -0.137. The fourth-order valence-electron chi connectivity index (χ4n) is 1.13. The second-order valence-electron chi connectivity index (χ2n) is 3.08. The van der Waals surface area contributed by atoms with Gasteiger partial charge in [-0.25, -0.2) is 0 Å². The van der Waals surface area contributed by atoms with E-state index in [0.717, 1.165) is 12.1 Å². The van der Waals surface area contributed by atoms with Crippen molar-refractivity contribution in [3.8, 4) is 0 Å². The molecule has 1 aromatic rings. The molecule has 92 valence electrons. The molecule has 0 saturated heterocycles. The van der Waals surface area contributed by atoms with Gasteiger partial charge in [0.05, 0.1) is 5.56 Å². The number of hydrogen-bond acceptors (Lipinski definition) is 2. The van der Waals surface area contributed by atoms with Gasteiger partial charge in [0, 0.05) is 17.6 Å². The molecule has 0 heterocycles. The van der Waals surface area contributed by atoms with Crippen molar-refractivity contribution in [1.29, 1.82) is 0 Å². The first kappa shape index (κ1) is 15.5. The third-order valence-electron chi connectivity index (χ3n) is 1.98. The summed E-state index contributed by atoms with van der Waals surface area (Å²) < 4.78 is 37.1. The minimum absolute atomic E-state index is 0. The van der Waals surface area contributed by atoms with Crippen LogP contribution in [0.5, 0.6) is 0 Å². The first-order valence-corrected chi connectivity index (χ1v) is 4.56. The normalized spacial score (nSPS) is 13.1. The van der Waals surface area contributed by atoms with Crippen molar-refractivity contribution < 1.29 is 13.2 Å². The predicted molar refractivity (Wildman–Crippen MR) is 59.7 cm³/mol. The fraction of sp³-hybridized carbons (Fsp3) is 0.333. The first-order chi connectivity index (χ1) is 6.86. The van der Waals surface area contributed by atoms with Crippen molar-refractivity contribution in [1.82, 2.24) is 0 Å². The van der Waals surface area contributed by atoms with Crippen molar-refractivity contribution in [2.24, 2.45) is 11.5 Å². The van der Waals surface area contributed by atoms with Crippen molar-refractivity contribution >= 4 is 24.0 Å². The van der Waals surface area contributed by atoms with Crippen LogP contribution in [0.3, 0.4) is 0 Å². The Morgan fingerprint density at radius 1 is 1.31 bits per heavy atom. The highest BCUT2D eigenvalue weighted by atomic mass is 35.5. The third kappa shape index (κ3) is 3.52. The topological polar surface area (TPSA) is 52.0 Å². The molecular formula is C9H11Cl2F3N2. The quantitative estimate of drug-likeness (QED) is 0.871. The summed E-state index contributed by atoms with van der Waals surface area (Å²) in [6.07, 6.45) is -4.40. The van der Waals surface area contributed by atoms with E-state index in [0.29, 0.717) is 0 Å². The van der Waals surface area contributed by atoms with Crippen LogP contribution in [0.4, 0.5) is 13.2 Å². The molecule has 0 radical (unpaired) electrons. The van der Waals surface area contributed by atoms with Crippen molar-refractivity contribution in [2.45, 2.75) is 12.2 Å². The van der Waals surface area contributed by atoms with E-state index >= 15 is 0 Å². The average molecular weight is 275 g/mol. The van der Waals surface area contributed by atoms with Gasteiger partial charge in [-0.1, -0.05) is 11.6 Å².